The molecule has 2 nitrogen and oxygen atoms in total. The molecule has 0 aromatic heterocycles. The molecule has 1 aromatic carbocycles. The SMILES string of the molecule is CN(CCNCc1ccc(F)cc1F)C1CC1. The summed E-state index contributed by atoms with van der Waals surface area (Å²) in [4.78, 5) is 2.31. The Morgan fingerprint density at radius 1 is 1.35 bits per heavy atom. The van der Waals surface area contributed by atoms with Gasteiger partial charge in [-0.1, -0.05) is 6.07 Å². The Bertz CT molecular complexity index is 378. The minimum absolute atomic E-state index is 0.449. The van der Waals surface area contributed by atoms with Crippen molar-refractivity contribution in [3.05, 3.63) is 35.4 Å². The number of nitrogens with one attached hydrogen (secondary N) is 1. The lowest BCUT2D eigenvalue weighted by atomic mass is 10.2. The summed E-state index contributed by atoms with van der Waals surface area (Å²) in [5.41, 5.74) is 0.514. The average molecular weight is 240 g/mol. The maximum absolute atomic E-state index is 13.3. The highest BCUT2D eigenvalue weighted by atomic mass is 19.1. The van der Waals surface area contributed by atoms with E-state index in [0.29, 0.717) is 12.1 Å². The van der Waals surface area contributed by atoms with Crippen LogP contribution in [0.5, 0.6) is 0 Å². The molecule has 1 N–H and O–H groups in total. The maximum atomic E-state index is 13.3. The molecule has 1 aliphatic carbocycles. The van der Waals surface area contributed by atoms with Gasteiger partial charge in [-0.2, -0.15) is 0 Å². The van der Waals surface area contributed by atoms with Crippen LogP contribution in [0.15, 0.2) is 18.2 Å². The number of rotatable bonds is 6. The molecule has 0 spiro atoms. The van der Waals surface area contributed by atoms with E-state index in [1.165, 1.54) is 25.0 Å². The molecule has 4 heteroatoms. The fourth-order valence-electron chi connectivity index (χ4n) is 1.84. The molecule has 2 rings (SSSR count). The van der Waals surface area contributed by atoms with E-state index >= 15 is 0 Å². The van der Waals surface area contributed by atoms with Crippen molar-refractivity contribution >= 4 is 0 Å². The van der Waals surface area contributed by atoms with Gasteiger partial charge >= 0.3 is 0 Å². The third-order valence-corrected chi connectivity index (χ3v) is 3.14. The van der Waals surface area contributed by atoms with E-state index in [9.17, 15) is 8.78 Å². The number of halogens is 2. The Kier molecular flexibility index (Phi) is 4.07. The van der Waals surface area contributed by atoms with Crippen molar-refractivity contribution in [1.82, 2.24) is 10.2 Å². The van der Waals surface area contributed by atoms with Gasteiger partial charge in [0.2, 0.25) is 0 Å². The third kappa shape index (κ3) is 3.75. The predicted octanol–water partition coefficient (Wildman–Crippen LogP) is 2.15. The van der Waals surface area contributed by atoms with Crippen molar-refractivity contribution in [3.63, 3.8) is 0 Å². The monoisotopic (exact) mass is 240 g/mol. The molecular weight excluding hydrogens is 222 g/mol. The molecule has 1 aromatic rings. The largest absolute Gasteiger partial charge is 0.311 e. The lowest BCUT2D eigenvalue weighted by molar-refractivity contribution is 0.321. The van der Waals surface area contributed by atoms with Crippen molar-refractivity contribution in [3.8, 4) is 0 Å². The fourth-order valence-corrected chi connectivity index (χ4v) is 1.84. The minimum atomic E-state index is -0.528. The summed E-state index contributed by atoms with van der Waals surface area (Å²) in [6.45, 7) is 2.24. The van der Waals surface area contributed by atoms with E-state index < -0.39 is 11.6 Å². The van der Waals surface area contributed by atoms with Crippen LogP contribution >= 0.6 is 0 Å². The lowest BCUT2D eigenvalue weighted by Gasteiger charge is -2.15. The molecule has 1 fully saturated rings. The minimum Gasteiger partial charge on any atom is -0.311 e. The van der Waals surface area contributed by atoms with E-state index in [-0.39, 0.29) is 0 Å². The first-order chi connectivity index (χ1) is 8.16. The first-order valence-electron chi connectivity index (χ1n) is 6.01. The lowest BCUT2D eigenvalue weighted by Crippen LogP contribution is -2.30. The maximum Gasteiger partial charge on any atom is 0.130 e. The van der Waals surface area contributed by atoms with E-state index in [4.69, 9.17) is 0 Å². The van der Waals surface area contributed by atoms with Crippen molar-refractivity contribution in [2.75, 3.05) is 20.1 Å². The van der Waals surface area contributed by atoms with Crippen molar-refractivity contribution in [2.24, 2.45) is 0 Å². The molecule has 0 atom stereocenters. The molecule has 1 aliphatic rings. The van der Waals surface area contributed by atoms with Gasteiger partial charge in [0.05, 0.1) is 0 Å². The molecule has 0 radical (unpaired) electrons. The smallest absolute Gasteiger partial charge is 0.130 e. The highest BCUT2D eigenvalue weighted by molar-refractivity contribution is 5.18. The van der Waals surface area contributed by atoms with Crippen LogP contribution in [0.3, 0.4) is 0 Å². The van der Waals surface area contributed by atoms with Gasteiger partial charge in [-0.05, 0) is 26.0 Å². The van der Waals surface area contributed by atoms with Crippen molar-refractivity contribution in [2.45, 2.75) is 25.4 Å². The van der Waals surface area contributed by atoms with E-state index in [0.717, 1.165) is 25.2 Å². The van der Waals surface area contributed by atoms with E-state index in [1.807, 2.05) is 0 Å². The Morgan fingerprint density at radius 2 is 2.12 bits per heavy atom. The van der Waals surface area contributed by atoms with E-state index in [2.05, 4.69) is 17.3 Å². The average Bonchev–Trinajstić information content (AvgIpc) is 3.10. The van der Waals surface area contributed by atoms with Crippen LogP contribution in [-0.4, -0.2) is 31.1 Å². The number of hydrogen-bond donors (Lipinski definition) is 1. The Balaban J connectivity index is 1.70. The molecular formula is C13H18F2N2. The van der Waals surface area contributed by atoms with Crippen molar-refractivity contribution < 1.29 is 8.78 Å². The summed E-state index contributed by atoms with van der Waals surface area (Å²) in [5, 5.41) is 3.17. The van der Waals surface area contributed by atoms with Gasteiger partial charge < -0.3 is 10.2 Å². The van der Waals surface area contributed by atoms with Gasteiger partial charge in [-0.25, -0.2) is 8.78 Å². The van der Waals surface area contributed by atoms with Gasteiger partial charge in [0.25, 0.3) is 0 Å². The topological polar surface area (TPSA) is 15.3 Å². The second-order valence-electron chi connectivity index (χ2n) is 4.62. The Hall–Kier alpha value is -1.00. The number of benzene rings is 1. The van der Waals surface area contributed by atoms with Crippen LogP contribution in [0.1, 0.15) is 18.4 Å². The van der Waals surface area contributed by atoms with Gasteiger partial charge in [-0.15, -0.1) is 0 Å². The first-order valence-corrected chi connectivity index (χ1v) is 6.01. The molecule has 1 saturated carbocycles. The first kappa shape index (κ1) is 12.5. The normalized spacial score (nSPS) is 15.5. The summed E-state index contributed by atoms with van der Waals surface area (Å²) < 4.78 is 26.0. The molecule has 94 valence electrons. The standard InChI is InChI=1S/C13H18F2N2/c1-17(12-4-5-12)7-6-16-9-10-2-3-11(14)8-13(10)15/h2-3,8,12,16H,4-7,9H2,1H3. The molecule has 0 bridgehead atoms. The highest BCUT2D eigenvalue weighted by Gasteiger charge is 2.25. The number of hydrogen-bond acceptors (Lipinski definition) is 2. The fraction of sp³-hybridized carbons (Fsp3) is 0.538. The number of likely N-dealkylation sites (N-methyl/N-ethyl adjacent to an activating group) is 1. The van der Waals surface area contributed by atoms with Crippen LogP contribution in [0.2, 0.25) is 0 Å². The predicted molar refractivity (Wildman–Crippen MR) is 63.7 cm³/mol. The molecule has 0 heterocycles. The van der Waals surface area contributed by atoms with Crippen LogP contribution < -0.4 is 5.32 Å². The van der Waals surface area contributed by atoms with Gasteiger partial charge in [0, 0.05) is 37.3 Å². The van der Waals surface area contributed by atoms with E-state index in [1.54, 1.807) is 0 Å². The Morgan fingerprint density at radius 3 is 2.76 bits per heavy atom. The van der Waals surface area contributed by atoms with Crippen LogP contribution in [0, 0.1) is 11.6 Å². The summed E-state index contributed by atoms with van der Waals surface area (Å²) in [6.07, 6.45) is 2.59. The molecule has 0 unspecified atom stereocenters. The second-order valence-corrected chi connectivity index (χ2v) is 4.62. The summed E-state index contributed by atoms with van der Waals surface area (Å²) in [7, 11) is 2.11. The van der Waals surface area contributed by atoms with Gasteiger partial charge in [0.15, 0.2) is 0 Å². The molecule has 0 aliphatic heterocycles. The van der Waals surface area contributed by atoms with Crippen LogP contribution in [0.4, 0.5) is 8.78 Å². The third-order valence-electron chi connectivity index (χ3n) is 3.14. The quantitative estimate of drug-likeness (QED) is 0.766. The summed E-state index contributed by atoms with van der Waals surface area (Å²) in [5.74, 6) is -1.01. The van der Waals surface area contributed by atoms with Gasteiger partial charge in [0.1, 0.15) is 11.6 Å². The number of nitrogens with zero attached hydrogens (tertiary/aromatic N) is 1. The molecule has 0 saturated heterocycles. The zero-order valence-corrected chi connectivity index (χ0v) is 10.0. The van der Waals surface area contributed by atoms with Crippen LogP contribution in [0.25, 0.3) is 0 Å². The molecule has 17 heavy (non-hydrogen) atoms. The Labute approximate surface area is 101 Å². The van der Waals surface area contributed by atoms with Crippen LogP contribution in [-0.2, 0) is 6.54 Å². The highest BCUT2D eigenvalue weighted by Crippen LogP contribution is 2.24. The summed E-state index contributed by atoms with van der Waals surface area (Å²) in [6, 6.07) is 4.45. The van der Waals surface area contributed by atoms with Crippen molar-refractivity contribution in [1.29, 1.82) is 0 Å². The second kappa shape index (κ2) is 5.56. The van der Waals surface area contributed by atoms with Gasteiger partial charge in [-0.3, -0.25) is 0 Å². The zero-order chi connectivity index (χ0) is 12.3. The summed E-state index contributed by atoms with van der Waals surface area (Å²) >= 11 is 0. The molecule has 0 amide bonds. The zero-order valence-electron chi connectivity index (χ0n) is 10.0.